The molecule has 0 spiro atoms. The summed E-state index contributed by atoms with van der Waals surface area (Å²) < 4.78 is 43.7. The number of aryl methyl sites for hydroxylation is 2. The zero-order valence-electron chi connectivity index (χ0n) is 20.1. The second-order valence-corrected chi connectivity index (χ2v) is 10.8. The van der Waals surface area contributed by atoms with Gasteiger partial charge in [-0.25, -0.2) is 0 Å². The van der Waals surface area contributed by atoms with Crippen LogP contribution in [0.15, 0.2) is 42.5 Å². The van der Waals surface area contributed by atoms with Crippen LogP contribution in [0.5, 0.6) is 17.2 Å². The van der Waals surface area contributed by atoms with Crippen LogP contribution in [0.25, 0.3) is 0 Å². The molecule has 10 heteroatoms. The lowest BCUT2D eigenvalue weighted by Crippen LogP contribution is -2.51. The first-order chi connectivity index (χ1) is 16.7. The quantitative estimate of drug-likeness (QED) is 0.451. The minimum absolute atomic E-state index is 0.0847. The van der Waals surface area contributed by atoms with E-state index < -0.39 is 22.0 Å². The fourth-order valence-corrected chi connectivity index (χ4v) is 5.68. The van der Waals surface area contributed by atoms with Gasteiger partial charge in [-0.1, -0.05) is 10.5 Å². The maximum absolute atomic E-state index is 12.8. The molecule has 0 radical (unpaired) electrons. The van der Waals surface area contributed by atoms with E-state index in [4.69, 9.17) is 14.2 Å². The summed E-state index contributed by atoms with van der Waals surface area (Å²) in [4.78, 5) is 12.4. The number of amides is 1. The van der Waals surface area contributed by atoms with Crippen LogP contribution >= 0.6 is 0 Å². The lowest BCUT2D eigenvalue weighted by molar-refractivity contribution is -0.154. The Kier molecular flexibility index (Phi) is 7.95. The van der Waals surface area contributed by atoms with E-state index in [1.54, 1.807) is 0 Å². The Bertz CT molecular complexity index is 1100. The number of carbonyl (C=O) groups excluding carboxylic acids is 1. The Hall–Kier alpha value is -2.66. The molecular weight excluding hydrogens is 472 g/mol. The van der Waals surface area contributed by atoms with E-state index in [1.807, 2.05) is 50.2 Å². The second kappa shape index (κ2) is 10.9. The van der Waals surface area contributed by atoms with E-state index in [-0.39, 0.29) is 23.7 Å². The zero-order chi connectivity index (χ0) is 25.0. The average Bonchev–Trinajstić information content (AvgIpc) is 2.84. The van der Waals surface area contributed by atoms with Crippen molar-refractivity contribution in [2.75, 3.05) is 26.3 Å². The standard InChI is InChI=1S/C25H32N2O7S/c1-18-15-19(2)17-24(16-18)34-22-5-3-21(4-6-22)33-23-7-11-26(12-8-23)35(30,31)27(29)25(28)20-9-13-32-14-10-20/h3-6,15-17,20,23,29H,7-14H2,1-2H3. The Morgan fingerprint density at radius 1 is 0.943 bits per heavy atom. The maximum Gasteiger partial charge on any atom is 0.329 e. The van der Waals surface area contributed by atoms with Gasteiger partial charge in [0.2, 0.25) is 0 Å². The highest BCUT2D eigenvalue weighted by atomic mass is 32.2. The molecule has 4 rings (SSSR count). The third kappa shape index (κ3) is 6.32. The Morgan fingerprint density at radius 3 is 2.11 bits per heavy atom. The lowest BCUT2D eigenvalue weighted by Gasteiger charge is -2.33. The molecule has 1 amide bonds. The van der Waals surface area contributed by atoms with E-state index in [1.165, 1.54) is 0 Å². The third-order valence-electron chi connectivity index (χ3n) is 6.26. The molecule has 35 heavy (non-hydrogen) atoms. The van der Waals surface area contributed by atoms with E-state index in [0.29, 0.717) is 50.4 Å². The minimum Gasteiger partial charge on any atom is -0.490 e. The van der Waals surface area contributed by atoms with Crippen molar-refractivity contribution in [1.29, 1.82) is 0 Å². The highest BCUT2D eigenvalue weighted by molar-refractivity contribution is 7.87. The van der Waals surface area contributed by atoms with Crippen LogP contribution in [0.2, 0.25) is 0 Å². The van der Waals surface area contributed by atoms with E-state index >= 15 is 0 Å². The van der Waals surface area contributed by atoms with Gasteiger partial charge in [-0.2, -0.15) is 12.7 Å². The highest BCUT2D eigenvalue weighted by Gasteiger charge is 2.38. The number of hydrogen-bond acceptors (Lipinski definition) is 7. The van der Waals surface area contributed by atoms with Crippen LogP contribution in [0, 0.1) is 19.8 Å². The van der Waals surface area contributed by atoms with Crippen LogP contribution < -0.4 is 9.47 Å². The summed E-state index contributed by atoms with van der Waals surface area (Å²) in [6.45, 7) is 5.11. The first-order valence-electron chi connectivity index (χ1n) is 11.9. The van der Waals surface area contributed by atoms with Crippen molar-refractivity contribution in [2.24, 2.45) is 5.92 Å². The van der Waals surface area contributed by atoms with Crippen LogP contribution in [-0.2, 0) is 19.7 Å². The molecule has 2 fully saturated rings. The summed E-state index contributed by atoms with van der Waals surface area (Å²) >= 11 is 0. The van der Waals surface area contributed by atoms with Crippen molar-refractivity contribution in [3.63, 3.8) is 0 Å². The SMILES string of the molecule is Cc1cc(C)cc(Oc2ccc(OC3CCN(S(=O)(=O)N(O)C(=O)C4CCOCC4)CC3)cc2)c1. The predicted octanol–water partition coefficient (Wildman–Crippen LogP) is 3.83. The number of ether oxygens (including phenoxy) is 3. The van der Waals surface area contributed by atoms with E-state index in [0.717, 1.165) is 21.2 Å². The van der Waals surface area contributed by atoms with Crippen LogP contribution in [0.1, 0.15) is 36.8 Å². The monoisotopic (exact) mass is 504 g/mol. The van der Waals surface area contributed by atoms with Gasteiger partial charge in [-0.3, -0.25) is 10.0 Å². The molecule has 2 aromatic carbocycles. The maximum atomic E-state index is 12.8. The van der Waals surface area contributed by atoms with Crippen molar-refractivity contribution in [3.8, 4) is 17.2 Å². The molecule has 2 heterocycles. The molecule has 9 nitrogen and oxygen atoms in total. The van der Waals surface area contributed by atoms with Crippen molar-refractivity contribution < 1.29 is 32.6 Å². The number of rotatable bonds is 7. The largest absolute Gasteiger partial charge is 0.490 e. The average molecular weight is 505 g/mol. The first kappa shape index (κ1) is 25.4. The van der Waals surface area contributed by atoms with Crippen molar-refractivity contribution >= 4 is 16.1 Å². The zero-order valence-corrected chi connectivity index (χ0v) is 20.9. The molecule has 2 aromatic rings. The van der Waals surface area contributed by atoms with Gasteiger partial charge in [0, 0.05) is 32.2 Å². The van der Waals surface area contributed by atoms with Crippen LogP contribution in [0.4, 0.5) is 0 Å². The number of hydroxylamine groups is 1. The molecule has 0 aromatic heterocycles. The fraction of sp³-hybridized carbons (Fsp3) is 0.480. The number of benzene rings is 2. The van der Waals surface area contributed by atoms with E-state index in [9.17, 15) is 18.4 Å². The van der Waals surface area contributed by atoms with Gasteiger partial charge in [0.25, 0.3) is 5.91 Å². The summed E-state index contributed by atoms with van der Waals surface area (Å²) in [5, 5.41) is 10.2. The Balaban J connectivity index is 1.28. The van der Waals surface area contributed by atoms with Crippen molar-refractivity contribution in [2.45, 2.75) is 45.6 Å². The van der Waals surface area contributed by atoms with Crippen LogP contribution in [-0.4, -0.2) is 60.7 Å². The summed E-state index contributed by atoms with van der Waals surface area (Å²) in [7, 11) is -4.29. The summed E-state index contributed by atoms with van der Waals surface area (Å²) in [5.74, 6) is 0.789. The summed E-state index contributed by atoms with van der Waals surface area (Å²) in [6.07, 6.45) is 1.51. The van der Waals surface area contributed by atoms with Gasteiger partial charge in [0.1, 0.15) is 23.4 Å². The molecule has 2 aliphatic heterocycles. The Morgan fingerprint density at radius 2 is 1.51 bits per heavy atom. The summed E-state index contributed by atoms with van der Waals surface area (Å²) in [5.41, 5.74) is 2.26. The Labute approximate surface area is 206 Å². The normalized spacial score (nSPS) is 18.3. The van der Waals surface area contributed by atoms with Gasteiger partial charge in [-0.15, -0.1) is 0 Å². The lowest BCUT2D eigenvalue weighted by atomic mass is 10.00. The molecule has 0 saturated carbocycles. The van der Waals surface area contributed by atoms with Crippen LogP contribution in [0.3, 0.4) is 0 Å². The van der Waals surface area contributed by atoms with Gasteiger partial charge in [0.05, 0.1) is 0 Å². The van der Waals surface area contributed by atoms with E-state index in [2.05, 4.69) is 6.07 Å². The number of hydrogen-bond donors (Lipinski definition) is 1. The highest BCUT2D eigenvalue weighted by Crippen LogP contribution is 2.28. The number of carbonyl (C=O) groups is 1. The smallest absolute Gasteiger partial charge is 0.329 e. The van der Waals surface area contributed by atoms with Gasteiger partial charge in [0.15, 0.2) is 0 Å². The predicted molar refractivity (Wildman–Crippen MR) is 129 cm³/mol. The molecule has 2 saturated heterocycles. The second-order valence-electron chi connectivity index (χ2n) is 9.09. The third-order valence-corrected chi connectivity index (χ3v) is 7.90. The molecule has 0 bridgehead atoms. The molecule has 1 N–H and O–H groups in total. The number of piperidine rings is 1. The van der Waals surface area contributed by atoms with Crippen molar-refractivity contribution in [3.05, 3.63) is 53.6 Å². The topological polar surface area (TPSA) is 106 Å². The molecular formula is C25H32N2O7S. The molecule has 2 aliphatic rings. The fourth-order valence-electron chi connectivity index (χ4n) is 4.41. The number of nitrogens with zero attached hydrogens (tertiary/aromatic N) is 2. The summed E-state index contributed by atoms with van der Waals surface area (Å²) in [6, 6.07) is 13.3. The molecule has 0 unspecified atom stereocenters. The van der Waals surface area contributed by atoms with Crippen molar-refractivity contribution in [1.82, 2.24) is 8.77 Å². The van der Waals surface area contributed by atoms with Gasteiger partial charge in [-0.05, 0) is 87.1 Å². The first-order valence-corrected chi connectivity index (χ1v) is 13.3. The van der Waals surface area contributed by atoms with Gasteiger partial charge >= 0.3 is 10.2 Å². The molecule has 190 valence electrons. The minimum atomic E-state index is -4.29. The molecule has 0 aliphatic carbocycles. The molecule has 0 atom stereocenters. The van der Waals surface area contributed by atoms with Gasteiger partial charge < -0.3 is 14.2 Å².